The van der Waals surface area contributed by atoms with Gasteiger partial charge < -0.3 is 10.2 Å². The van der Waals surface area contributed by atoms with Crippen LogP contribution in [-0.4, -0.2) is 29.6 Å². The van der Waals surface area contributed by atoms with E-state index in [1.54, 1.807) is 6.20 Å². The highest BCUT2D eigenvalue weighted by Gasteiger charge is 2.22. The van der Waals surface area contributed by atoms with Gasteiger partial charge in [0, 0.05) is 19.6 Å². The zero-order valence-electron chi connectivity index (χ0n) is 11.7. The molecule has 1 saturated heterocycles. The Morgan fingerprint density at radius 2 is 2.06 bits per heavy atom. The van der Waals surface area contributed by atoms with Gasteiger partial charge in [0.2, 0.25) is 0 Å². The first-order valence-electron chi connectivity index (χ1n) is 7.01. The summed E-state index contributed by atoms with van der Waals surface area (Å²) < 4.78 is 0. The van der Waals surface area contributed by atoms with Gasteiger partial charge in [-0.3, -0.25) is 4.98 Å². The Kier molecular flexibility index (Phi) is 4.39. The molecule has 4 heteroatoms. The fourth-order valence-electron chi connectivity index (χ4n) is 2.57. The molecule has 1 N–H and O–H groups in total. The first-order chi connectivity index (χ1) is 8.70. The van der Waals surface area contributed by atoms with Crippen LogP contribution in [-0.2, 0) is 0 Å². The average molecular weight is 248 g/mol. The predicted molar refractivity (Wildman–Crippen MR) is 76.0 cm³/mol. The molecular weight excluding hydrogens is 224 g/mol. The lowest BCUT2D eigenvalue weighted by molar-refractivity contribution is 0.310. The summed E-state index contributed by atoms with van der Waals surface area (Å²) in [5.74, 6) is 3.55. The Morgan fingerprint density at radius 3 is 2.67 bits per heavy atom. The average Bonchev–Trinajstić information content (AvgIpc) is 2.39. The number of hydrogen-bond donors (Lipinski definition) is 1. The van der Waals surface area contributed by atoms with Crippen LogP contribution in [0.2, 0.25) is 0 Å². The molecule has 4 nitrogen and oxygen atoms in total. The highest BCUT2D eigenvalue weighted by molar-refractivity contribution is 5.44. The number of hydrogen-bond acceptors (Lipinski definition) is 4. The first kappa shape index (κ1) is 13.1. The van der Waals surface area contributed by atoms with E-state index in [9.17, 15) is 0 Å². The van der Waals surface area contributed by atoms with Crippen LogP contribution < -0.4 is 10.2 Å². The van der Waals surface area contributed by atoms with Crippen LogP contribution in [0.25, 0.3) is 0 Å². The molecule has 1 aliphatic heterocycles. The van der Waals surface area contributed by atoms with Crippen molar-refractivity contribution in [2.24, 2.45) is 11.8 Å². The van der Waals surface area contributed by atoms with Gasteiger partial charge in [-0.1, -0.05) is 13.8 Å². The van der Waals surface area contributed by atoms with Gasteiger partial charge in [0.25, 0.3) is 0 Å². The lowest BCUT2D eigenvalue weighted by Crippen LogP contribution is -2.35. The first-order valence-corrected chi connectivity index (χ1v) is 7.01. The highest BCUT2D eigenvalue weighted by atomic mass is 15.2. The molecule has 1 fully saturated rings. The van der Waals surface area contributed by atoms with Gasteiger partial charge in [-0.25, -0.2) is 4.98 Å². The standard InChI is InChI=1S/C14H24N4/c1-4-16-13-9-15-10-14(17-13)18-7-5-12(6-8-18)11(2)3/h9-12H,4-8H2,1-3H3,(H,16,17). The minimum Gasteiger partial charge on any atom is -0.369 e. The number of piperidine rings is 1. The second kappa shape index (κ2) is 6.03. The molecule has 0 radical (unpaired) electrons. The molecule has 2 heterocycles. The van der Waals surface area contributed by atoms with Crippen LogP contribution in [0.1, 0.15) is 33.6 Å². The van der Waals surface area contributed by atoms with Crippen molar-refractivity contribution < 1.29 is 0 Å². The maximum absolute atomic E-state index is 4.61. The van der Waals surface area contributed by atoms with Crippen molar-refractivity contribution in [3.05, 3.63) is 12.4 Å². The zero-order chi connectivity index (χ0) is 13.0. The Bertz CT molecular complexity index is 370. The van der Waals surface area contributed by atoms with Crippen molar-refractivity contribution in [3.8, 4) is 0 Å². The van der Waals surface area contributed by atoms with Gasteiger partial charge in [0.05, 0.1) is 12.4 Å². The van der Waals surface area contributed by atoms with E-state index < -0.39 is 0 Å². The quantitative estimate of drug-likeness (QED) is 0.889. The van der Waals surface area contributed by atoms with E-state index in [1.807, 2.05) is 6.20 Å². The molecule has 1 aromatic heterocycles. The number of nitrogens with one attached hydrogen (secondary N) is 1. The molecule has 1 aliphatic rings. The normalized spacial score (nSPS) is 17.2. The summed E-state index contributed by atoms with van der Waals surface area (Å²) in [6.07, 6.45) is 6.19. The Balaban J connectivity index is 1.98. The summed E-state index contributed by atoms with van der Waals surface area (Å²) in [6.45, 7) is 9.81. The van der Waals surface area contributed by atoms with Crippen LogP contribution in [0.4, 0.5) is 11.6 Å². The third-order valence-corrected chi connectivity index (χ3v) is 3.79. The van der Waals surface area contributed by atoms with Crippen LogP contribution in [0.5, 0.6) is 0 Å². The van der Waals surface area contributed by atoms with Crippen molar-refractivity contribution in [1.29, 1.82) is 0 Å². The maximum atomic E-state index is 4.61. The summed E-state index contributed by atoms with van der Waals surface area (Å²) in [5, 5.41) is 3.21. The smallest absolute Gasteiger partial charge is 0.149 e. The van der Waals surface area contributed by atoms with E-state index >= 15 is 0 Å². The van der Waals surface area contributed by atoms with Crippen molar-refractivity contribution in [2.75, 3.05) is 29.9 Å². The van der Waals surface area contributed by atoms with Crippen LogP contribution in [0, 0.1) is 11.8 Å². The number of aromatic nitrogens is 2. The second-order valence-electron chi connectivity index (χ2n) is 5.36. The number of rotatable bonds is 4. The minimum absolute atomic E-state index is 0.798. The Labute approximate surface area is 110 Å². The van der Waals surface area contributed by atoms with E-state index in [0.29, 0.717) is 0 Å². The van der Waals surface area contributed by atoms with E-state index in [4.69, 9.17) is 0 Å². The number of anilines is 2. The minimum atomic E-state index is 0.798. The topological polar surface area (TPSA) is 41.1 Å². The summed E-state index contributed by atoms with van der Waals surface area (Å²) in [4.78, 5) is 11.2. The van der Waals surface area contributed by atoms with E-state index in [0.717, 1.165) is 43.1 Å². The van der Waals surface area contributed by atoms with Gasteiger partial charge in [-0.15, -0.1) is 0 Å². The number of nitrogens with zero attached hydrogens (tertiary/aromatic N) is 3. The van der Waals surface area contributed by atoms with Gasteiger partial charge in [0.1, 0.15) is 11.6 Å². The van der Waals surface area contributed by atoms with Crippen LogP contribution in [0.15, 0.2) is 12.4 Å². The van der Waals surface area contributed by atoms with Crippen LogP contribution in [0.3, 0.4) is 0 Å². The van der Waals surface area contributed by atoms with Gasteiger partial charge in [0.15, 0.2) is 0 Å². The van der Waals surface area contributed by atoms with Crippen LogP contribution >= 0.6 is 0 Å². The summed E-state index contributed by atoms with van der Waals surface area (Å²) in [7, 11) is 0. The van der Waals surface area contributed by atoms with Crippen molar-refractivity contribution in [2.45, 2.75) is 33.6 Å². The molecule has 0 amide bonds. The molecule has 0 atom stereocenters. The predicted octanol–water partition coefficient (Wildman–Crippen LogP) is 2.78. The molecule has 0 spiro atoms. The SMILES string of the molecule is CCNc1cncc(N2CCC(C(C)C)CC2)n1. The molecule has 1 aromatic rings. The van der Waals surface area contributed by atoms with Crippen molar-refractivity contribution in [1.82, 2.24) is 9.97 Å². The Morgan fingerprint density at radius 1 is 1.33 bits per heavy atom. The lowest BCUT2D eigenvalue weighted by atomic mass is 9.87. The second-order valence-corrected chi connectivity index (χ2v) is 5.36. The Hall–Kier alpha value is -1.32. The summed E-state index contributed by atoms with van der Waals surface area (Å²) in [5.41, 5.74) is 0. The lowest BCUT2D eigenvalue weighted by Gasteiger charge is -2.34. The van der Waals surface area contributed by atoms with Gasteiger partial charge >= 0.3 is 0 Å². The van der Waals surface area contributed by atoms with Gasteiger partial charge in [-0.2, -0.15) is 0 Å². The van der Waals surface area contributed by atoms with E-state index in [-0.39, 0.29) is 0 Å². The summed E-state index contributed by atoms with van der Waals surface area (Å²) >= 11 is 0. The van der Waals surface area contributed by atoms with Crippen molar-refractivity contribution >= 4 is 11.6 Å². The molecule has 0 saturated carbocycles. The molecule has 100 valence electrons. The van der Waals surface area contributed by atoms with E-state index in [1.165, 1.54) is 12.8 Å². The molecular formula is C14H24N4. The molecule has 2 rings (SSSR count). The fourth-order valence-corrected chi connectivity index (χ4v) is 2.57. The molecule has 0 aliphatic carbocycles. The van der Waals surface area contributed by atoms with E-state index in [2.05, 4.69) is 41.0 Å². The van der Waals surface area contributed by atoms with Crippen molar-refractivity contribution in [3.63, 3.8) is 0 Å². The molecule has 0 bridgehead atoms. The monoisotopic (exact) mass is 248 g/mol. The molecule has 0 unspecified atom stereocenters. The zero-order valence-corrected chi connectivity index (χ0v) is 11.7. The molecule has 0 aromatic carbocycles. The fraction of sp³-hybridized carbons (Fsp3) is 0.714. The summed E-state index contributed by atoms with van der Waals surface area (Å²) in [6, 6.07) is 0. The largest absolute Gasteiger partial charge is 0.369 e. The highest BCUT2D eigenvalue weighted by Crippen LogP contribution is 2.26. The third-order valence-electron chi connectivity index (χ3n) is 3.79. The third kappa shape index (κ3) is 3.12. The molecule has 18 heavy (non-hydrogen) atoms. The maximum Gasteiger partial charge on any atom is 0.149 e. The van der Waals surface area contributed by atoms with Gasteiger partial charge in [-0.05, 0) is 31.6 Å².